The second kappa shape index (κ2) is 10.1. The number of hydrogen-bond donors (Lipinski definition) is 2. The number of phenols is 1. The molecule has 0 amide bonds. The summed E-state index contributed by atoms with van der Waals surface area (Å²) in [7, 11) is -3.90. The van der Waals surface area contributed by atoms with Crippen LogP contribution in [0.1, 0.15) is 25.3 Å². The van der Waals surface area contributed by atoms with Crippen molar-refractivity contribution in [1.29, 1.82) is 0 Å². The lowest BCUT2D eigenvalue weighted by molar-refractivity contribution is 0.469. The van der Waals surface area contributed by atoms with Crippen molar-refractivity contribution in [3.8, 4) is 5.75 Å². The Hall–Kier alpha value is -2.32. The van der Waals surface area contributed by atoms with Crippen molar-refractivity contribution in [3.05, 3.63) is 92.6 Å². The van der Waals surface area contributed by atoms with Gasteiger partial charge in [0.05, 0.1) is 15.5 Å². The predicted molar refractivity (Wildman–Crippen MR) is 146 cm³/mol. The molecule has 0 saturated heterocycles. The van der Waals surface area contributed by atoms with E-state index >= 15 is 0 Å². The minimum absolute atomic E-state index is 0.0703. The molecule has 8 heteroatoms. The molecular formula is C26H24ClNO3S3. The maximum Gasteiger partial charge on any atom is 0.261 e. The van der Waals surface area contributed by atoms with Crippen LogP contribution in [-0.4, -0.2) is 13.5 Å². The van der Waals surface area contributed by atoms with Crippen LogP contribution in [0.4, 0.5) is 5.69 Å². The molecule has 0 unspecified atom stereocenters. The van der Waals surface area contributed by atoms with Crippen LogP contribution in [0.3, 0.4) is 0 Å². The average Bonchev–Trinajstić information content (AvgIpc) is 2.80. The van der Waals surface area contributed by atoms with Gasteiger partial charge in [0.25, 0.3) is 10.0 Å². The second-order valence-corrected chi connectivity index (χ2v) is 12.6. The Morgan fingerprint density at radius 3 is 2.44 bits per heavy atom. The number of benzene rings is 3. The Morgan fingerprint density at radius 2 is 1.74 bits per heavy atom. The molecule has 1 aliphatic carbocycles. The normalized spacial score (nSPS) is 14.0. The first-order valence-electron chi connectivity index (χ1n) is 10.6. The summed E-state index contributed by atoms with van der Waals surface area (Å²) in [5.41, 5.74) is 2.38. The van der Waals surface area contributed by atoms with E-state index in [1.807, 2.05) is 6.92 Å². The number of hydrogen-bond acceptors (Lipinski definition) is 5. The molecule has 0 atom stereocenters. The fourth-order valence-corrected chi connectivity index (χ4v) is 6.97. The Morgan fingerprint density at radius 1 is 1.03 bits per heavy atom. The van der Waals surface area contributed by atoms with Crippen LogP contribution in [0.5, 0.6) is 5.75 Å². The van der Waals surface area contributed by atoms with Crippen LogP contribution in [0, 0.1) is 6.92 Å². The molecule has 1 aliphatic rings. The SMILES string of the molecule is C=C(SC1=CCCC=C1C)Sc1cc(NS(=O)(=O)c2ccc(C)c(Cl)c2)c2ccccc2c1O. The van der Waals surface area contributed by atoms with Crippen molar-refractivity contribution in [3.63, 3.8) is 0 Å². The van der Waals surface area contributed by atoms with E-state index in [4.69, 9.17) is 11.6 Å². The number of sulfonamides is 1. The van der Waals surface area contributed by atoms with E-state index in [1.165, 1.54) is 29.5 Å². The van der Waals surface area contributed by atoms with E-state index in [-0.39, 0.29) is 10.6 Å². The Kier molecular flexibility index (Phi) is 7.38. The number of allylic oxidation sites excluding steroid dienone is 3. The number of thioether (sulfide) groups is 2. The van der Waals surface area contributed by atoms with Gasteiger partial charge in [0.1, 0.15) is 5.75 Å². The highest BCUT2D eigenvalue weighted by atomic mass is 35.5. The van der Waals surface area contributed by atoms with Gasteiger partial charge in [-0.25, -0.2) is 8.42 Å². The van der Waals surface area contributed by atoms with E-state index in [0.29, 0.717) is 26.4 Å². The molecular weight excluding hydrogens is 506 g/mol. The van der Waals surface area contributed by atoms with Crippen molar-refractivity contribution in [2.24, 2.45) is 0 Å². The van der Waals surface area contributed by atoms with Crippen LogP contribution in [0.15, 0.2) is 91.8 Å². The van der Waals surface area contributed by atoms with Crippen molar-refractivity contribution < 1.29 is 13.5 Å². The molecule has 4 rings (SSSR count). The van der Waals surface area contributed by atoms with Gasteiger partial charge in [-0.3, -0.25) is 4.72 Å². The summed E-state index contributed by atoms with van der Waals surface area (Å²) in [6, 6.07) is 13.4. The van der Waals surface area contributed by atoms with Crippen molar-refractivity contribution in [1.82, 2.24) is 0 Å². The summed E-state index contributed by atoms with van der Waals surface area (Å²) in [5.74, 6) is 0.0913. The lowest BCUT2D eigenvalue weighted by Crippen LogP contribution is -2.13. The van der Waals surface area contributed by atoms with Crippen molar-refractivity contribution >= 4 is 61.6 Å². The predicted octanol–water partition coefficient (Wildman–Crippen LogP) is 8.23. The molecule has 0 aromatic heterocycles. The molecule has 0 spiro atoms. The van der Waals surface area contributed by atoms with Gasteiger partial charge < -0.3 is 5.11 Å². The monoisotopic (exact) mass is 529 g/mol. The molecule has 0 aliphatic heterocycles. The molecule has 0 bridgehead atoms. The third-order valence-corrected chi connectivity index (χ3v) is 9.43. The van der Waals surface area contributed by atoms with E-state index in [9.17, 15) is 13.5 Å². The number of aryl methyl sites for hydroxylation is 1. The van der Waals surface area contributed by atoms with Crippen LogP contribution < -0.4 is 4.72 Å². The van der Waals surface area contributed by atoms with Crippen molar-refractivity contribution in [2.75, 3.05) is 4.72 Å². The van der Waals surface area contributed by atoms with Crippen LogP contribution in [0.2, 0.25) is 5.02 Å². The first-order chi connectivity index (χ1) is 16.2. The molecule has 34 heavy (non-hydrogen) atoms. The summed E-state index contributed by atoms with van der Waals surface area (Å²) in [5, 5.41) is 12.5. The number of nitrogens with one attached hydrogen (secondary N) is 1. The highest BCUT2D eigenvalue weighted by molar-refractivity contribution is 8.24. The van der Waals surface area contributed by atoms with Gasteiger partial charge in [-0.05, 0) is 56.0 Å². The molecule has 3 aromatic carbocycles. The van der Waals surface area contributed by atoms with Gasteiger partial charge in [-0.2, -0.15) is 0 Å². The van der Waals surface area contributed by atoms with Gasteiger partial charge in [-0.1, -0.05) is 84.2 Å². The molecule has 2 N–H and O–H groups in total. The third-order valence-electron chi connectivity index (χ3n) is 5.46. The number of aromatic hydroxyl groups is 1. The number of phenolic OH excluding ortho intramolecular Hbond substituents is 1. The van der Waals surface area contributed by atoms with E-state index < -0.39 is 10.0 Å². The molecule has 0 radical (unpaired) electrons. The zero-order valence-electron chi connectivity index (χ0n) is 18.8. The zero-order chi connectivity index (χ0) is 24.5. The van der Waals surface area contributed by atoms with Gasteiger partial charge in [0, 0.05) is 24.9 Å². The number of anilines is 1. The van der Waals surface area contributed by atoms with Crippen LogP contribution in [-0.2, 0) is 10.0 Å². The minimum atomic E-state index is -3.90. The van der Waals surface area contributed by atoms with E-state index in [0.717, 1.165) is 27.5 Å². The first kappa shape index (κ1) is 24.8. The molecule has 0 fully saturated rings. The standard InChI is InChI=1S/C26H24ClNO3S3/c1-16-12-13-19(14-22(16)27)34(30,31)28-23-15-25(26(29)21-10-6-5-9-20(21)23)33-18(3)32-24-11-7-4-8-17(24)2/h5-6,8-15,28-29H,3-4,7H2,1-2H3. The van der Waals surface area contributed by atoms with Gasteiger partial charge >= 0.3 is 0 Å². The highest BCUT2D eigenvalue weighted by Crippen LogP contribution is 2.47. The molecule has 0 heterocycles. The summed E-state index contributed by atoms with van der Waals surface area (Å²) in [6.45, 7) is 8.05. The fraction of sp³-hybridized carbons (Fsp3) is 0.154. The summed E-state index contributed by atoms with van der Waals surface area (Å²) >= 11 is 9.03. The largest absolute Gasteiger partial charge is 0.506 e. The van der Waals surface area contributed by atoms with Gasteiger partial charge in [0.2, 0.25) is 0 Å². The molecule has 4 nitrogen and oxygen atoms in total. The number of fused-ring (bicyclic) bond motifs is 1. The van der Waals surface area contributed by atoms with Crippen LogP contribution in [0.25, 0.3) is 10.8 Å². The number of rotatable bonds is 7. The Bertz CT molecular complexity index is 1460. The number of halogens is 1. The van der Waals surface area contributed by atoms with Crippen molar-refractivity contribution in [2.45, 2.75) is 36.5 Å². The lowest BCUT2D eigenvalue weighted by Gasteiger charge is -2.17. The lowest BCUT2D eigenvalue weighted by atomic mass is 10.1. The molecule has 176 valence electrons. The van der Waals surface area contributed by atoms with E-state index in [2.05, 4.69) is 30.4 Å². The summed E-state index contributed by atoms with van der Waals surface area (Å²) in [6.07, 6.45) is 6.43. The Balaban J connectivity index is 1.69. The fourth-order valence-electron chi connectivity index (χ4n) is 3.61. The minimum Gasteiger partial charge on any atom is -0.506 e. The molecule has 0 saturated carbocycles. The zero-order valence-corrected chi connectivity index (χ0v) is 22.0. The van der Waals surface area contributed by atoms with Gasteiger partial charge in [0.15, 0.2) is 0 Å². The van der Waals surface area contributed by atoms with Crippen LogP contribution >= 0.6 is 35.1 Å². The first-order valence-corrected chi connectivity index (χ1v) is 14.1. The maximum atomic E-state index is 13.2. The average molecular weight is 530 g/mol. The smallest absolute Gasteiger partial charge is 0.261 e. The van der Waals surface area contributed by atoms with E-state index in [1.54, 1.807) is 48.2 Å². The topological polar surface area (TPSA) is 66.4 Å². The quantitative estimate of drug-likeness (QED) is 0.238. The molecule has 3 aromatic rings. The second-order valence-electron chi connectivity index (χ2n) is 7.94. The maximum absolute atomic E-state index is 13.2. The van der Waals surface area contributed by atoms with Gasteiger partial charge in [-0.15, -0.1) is 0 Å². The highest BCUT2D eigenvalue weighted by Gasteiger charge is 2.20. The summed E-state index contributed by atoms with van der Waals surface area (Å²) < 4.78 is 29.8. The Labute approximate surface area is 213 Å². The third kappa shape index (κ3) is 5.33. The summed E-state index contributed by atoms with van der Waals surface area (Å²) in [4.78, 5) is 1.75.